The summed E-state index contributed by atoms with van der Waals surface area (Å²) in [5.74, 6) is -0.678. The Balaban J connectivity index is 1.45. The molecule has 1 aliphatic rings. The van der Waals surface area contributed by atoms with E-state index in [0.717, 1.165) is 5.69 Å². The quantitative estimate of drug-likeness (QED) is 0.674. The minimum Gasteiger partial charge on any atom is -0.382 e. The lowest BCUT2D eigenvalue weighted by Gasteiger charge is -2.11. The number of carbonyl (C=O) groups is 1. The Kier molecular flexibility index (Phi) is 4.55. The van der Waals surface area contributed by atoms with Gasteiger partial charge < -0.3 is 15.1 Å². The van der Waals surface area contributed by atoms with Crippen molar-refractivity contribution in [3.63, 3.8) is 0 Å². The maximum Gasteiger partial charge on any atom is 0.268 e. The molecule has 8 heteroatoms. The Morgan fingerprint density at radius 3 is 2.93 bits per heavy atom. The molecule has 0 saturated carbocycles. The molecule has 2 N–H and O–H groups in total. The molecule has 136 valence electrons. The van der Waals surface area contributed by atoms with Gasteiger partial charge in [-0.3, -0.25) is 9.36 Å². The molecule has 3 aromatic rings. The summed E-state index contributed by atoms with van der Waals surface area (Å²) in [6.45, 7) is 0. The van der Waals surface area contributed by atoms with Gasteiger partial charge in [-0.05, 0) is 42.5 Å². The van der Waals surface area contributed by atoms with E-state index in [1.54, 1.807) is 29.0 Å². The van der Waals surface area contributed by atoms with Gasteiger partial charge in [0.15, 0.2) is 4.77 Å². The minimum atomic E-state index is -0.763. The van der Waals surface area contributed by atoms with E-state index in [0.29, 0.717) is 21.7 Å². The molecule has 0 radical (unpaired) electrons. The van der Waals surface area contributed by atoms with Crippen molar-refractivity contribution in [2.75, 3.05) is 5.32 Å². The summed E-state index contributed by atoms with van der Waals surface area (Å²) in [5, 5.41) is 6.75. The highest BCUT2D eigenvalue weighted by atomic mass is 32.1. The number of benzene rings is 2. The Bertz CT molecular complexity index is 1090. The molecule has 2 aromatic carbocycles. The van der Waals surface area contributed by atoms with Gasteiger partial charge in [0.05, 0.1) is 5.71 Å². The maximum absolute atomic E-state index is 13.4. The second-order valence-electron chi connectivity index (χ2n) is 6.02. The third-order valence-corrected chi connectivity index (χ3v) is 4.47. The number of nitrogens with one attached hydrogen (secondary N) is 2. The number of nitrogens with zero attached hydrogens (tertiary/aromatic N) is 2. The second-order valence-corrected chi connectivity index (χ2v) is 6.41. The minimum absolute atomic E-state index is 0.276. The molecule has 0 spiro atoms. The number of carbonyl (C=O) groups excluding carboxylic acids is 1. The van der Waals surface area contributed by atoms with Crippen molar-refractivity contribution < 1.29 is 14.0 Å². The van der Waals surface area contributed by atoms with Crippen LogP contribution >= 0.6 is 12.2 Å². The lowest BCUT2D eigenvalue weighted by atomic mass is 10.0. The van der Waals surface area contributed by atoms with E-state index in [9.17, 15) is 9.18 Å². The summed E-state index contributed by atoms with van der Waals surface area (Å²) < 4.78 is 15.7. The zero-order valence-electron chi connectivity index (χ0n) is 14.1. The summed E-state index contributed by atoms with van der Waals surface area (Å²) in [7, 11) is 0. The Hall–Kier alpha value is -3.26. The number of anilines is 1. The smallest absolute Gasteiger partial charge is 0.268 e. The molecule has 0 bridgehead atoms. The van der Waals surface area contributed by atoms with Gasteiger partial charge >= 0.3 is 0 Å². The Morgan fingerprint density at radius 1 is 1.30 bits per heavy atom. The summed E-state index contributed by atoms with van der Waals surface area (Å²) in [5.41, 5.74) is 2.59. The monoisotopic (exact) mass is 382 g/mol. The normalized spacial score (nSPS) is 15.9. The number of oxime groups is 1. The number of H-pyrrole nitrogens is 1. The van der Waals surface area contributed by atoms with Crippen LogP contribution in [0.3, 0.4) is 0 Å². The number of hydrogen-bond acceptors (Lipinski definition) is 4. The van der Waals surface area contributed by atoms with Crippen LogP contribution < -0.4 is 5.32 Å². The van der Waals surface area contributed by atoms with Gasteiger partial charge in [0.25, 0.3) is 5.91 Å². The van der Waals surface area contributed by atoms with Crippen LogP contribution in [0.25, 0.3) is 5.69 Å². The summed E-state index contributed by atoms with van der Waals surface area (Å²) in [6, 6.07) is 13.3. The topological polar surface area (TPSA) is 71.4 Å². The van der Waals surface area contributed by atoms with Crippen LogP contribution in [0.15, 0.2) is 66.1 Å². The Labute approximate surface area is 159 Å². The second kappa shape index (κ2) is 7.16. The van der Waals surface area contributed by atoms with Crippen LogP contribution in [0.4, 0.5) is 10.1 Å². The first kappa shape index (κ1) is 17.2. The van der Waals surface area contributed by atoms with Crippen molar-refractivity contribution in [3.8, 4) is 5.69 Å². The van der Waals surface area contributed by atoms with Gasteiger partial charge in [0.1, 0.15) is 5.82 Å². The van der Waals surface area contributed by atoms with E-state index in [1.807, 2.05) is 24.4 Å². The number of aromatic amines is 1. The molecule has 6 nitrogen and oxygen atoms in total. The molecule has 2 heterocycles. The molecule has 0 saturated heterocycles. The number of rotatable bonds is 4. The van der Waals surface area contributed by atoms with Crippen molar-refractivity contribution in [2.24, 2.45) is 5.16 Å². The van der Waals surface area contributed by atoms with E-state index >= 15 is 0 Å². The zero-order chi connectivity index (χ0) is 18.8. The summed E-state index contributed by atoms with van der Waals surface area (Å²) >= 11 is 5.21. The SMILES string of the molecule is O=C(Nc1cccc(-n2cc[nH]c2=S)c1)C1CC(c2cccc(F)c2)=NO1. The van der Waals surface area contributed by atoms with E-state index in [1.165, 1.54) is 12.1 Å². The molecular weight excluding hydrogens is 367 g/mol. The number of hydrogen-bond donors (Lipinski definition) is 2. The van der Waals surface area contributed by atoms with Crippen LogP contribution in [-0.2, 0) is 9.63 Å². The number of imidazole rings is 1. The summed E-state index contributed by atoms with van der Waals surface area (Å²) in [4.78, 5) is 20.7. The van der Waals surface area contributed by atoms with E-state index < -0.39 is 6.10 Å². The third kappa shape index (κ3) is 3.65. The lowest BCUT2D eigenvalue weighted by Crippen LogP contribution is -2.28. The molecule has 1 atom stereocenters. The van der Waals surface area contributed by atoms with Crippen molar-refractivity contribution >= 4 is 29.5 Å². The van der Waals surface area contributed by atoms with Crippen LogP contribution in [-0.4, -0.2) is 27.3 Å². The van der Waals surface area contributed by atoms with Crippen molar-refractivity contribution in [1.29, 1.82) is 0 Å². The van der Waals surface area contributed by atoms with Crippen LogP contribution in [0, 0.1) is 10.6 Å². The maximum atomic E-state index is 13.4. The highest BCUT2D eigenvalue weighted by Crippen LogP contribution is 2.20. The van der Waals surface area contributed by atoms with Crippen molar-refractivity contribution in [3.05, 3.63) is 77.1 Å². The largest absolute Gasteiger partial charge is 0.382 e. The van der Waals surface area contributed by atoms with E-state index in [4.69, 9.17) is 17.1 Å². The van der Waals surface area contributed by atoms with Crippen LogP contribution in [0.5, 0.6) is 0 Å². The predicted molar refractivity (Wildman–Crippen MR) is 102 cm³/mol. The average molecular weight is 382 g/mol. The van der Waals surface area contributed by atoms with Crippen molar-refractivity contribution in [2.45, 2.75) is 12.5 Å². The lowest BCUT2D eigenvalue weighted by molar-refractivity contribution is -0.125. The molecule has 27 heavy (non-hydrogen) atoms. The highest BCUT2D eigenvalue weighted by Gasteiger charge is 2.29. The fourth-order valence-electron chi connectivity index (χ4n) is 2.84. The number of aromatic nitrogens is 2. The number of amides is 1. The zero-order valence-corrected chi connectivity index (χ0v) is 14.9. The molecule has 1 aliphatic heterocycles. The molecular formula is C19H15FN4O2S. The predicted octanol–water partition coefficient (Wildman–Crippen LogP) is 3.81. The van der Waals surface area contributed by atoms with Gasteiger partial charge in [0.2, 0.25) is 6.10 Å². The molecule has 1 amide bonds. The van der Waals surface area contributed by atoms with Crippen molar-refractivity contribution in [1.82, 2.24) is 9.55 Å². The first-order valence-electron chi connectivity index (χ1n) is 8.26. The van der Waals surface area contributed by atoms with Gasteiger partial charge in [-0.15, -0.1) is 0 Å². The third-order valence-electron chi connectivity index (χ3n) is 4.16. The first-order valence-corrected chi connectivity index (χ1v) is 8.67. The van der Waals surface area contributed by atoms with E-state index in [2.05, 4.69) is 15.5 Å². The first-order chi connectivity index (χ1) is 13.1. The molecule has 0 aliphatic carbocycles. The van der Waals surface area contributed by atoms with Crippen LogP contribution in [0.1, 0.15) is 12.0 Å². The number of halogens is 1. The highest BCUT2D eigenvalue weighted by molar-refractivity contribution is 7.71. The molecule has 0 fully saturated rings. The van der Waals surface area contributed by atoms with Gasteiger partial charge in [-0.1, -0.05) is 23.4 Å². The van der Waals surface area contributed by atoms with Gasteiger partial charge in [-0.25, -0.2) is 4.39 Å². The fourth-order valence-corrected chi connectivity index (χ4v) is 3.07. The average Bonchev–Trinajstić information content (AvgIpc) is 3.31. The van der Waals surface area contributed by atoms with E-state index in [-0.39, 0.29) is 18.1 Å². The van der Waals surface area contributed by atoms with Gasteiger partial charge in [-0.2, -0.15) is 0 Å². The molecule has 1 aromatic heterocycles. The standard InChI is InChI=1S/C19H15FN4O2S/c20-13-4-1-3-12(9-13)16-11-17(26-23-16)18(25)22-14-5-2-6-15(10-14)24-8-7-21-19(24)27/h1-10,17H,11H2,(H,21,27)(H,22,25). The fraction of sp³-hybridized carbons (Fsp3) is 0.105. The Morgan fingerprint density at radius 2 is 2.15 bits per heavy atom. The van der Waals surface area contributed by atoms with Crippen LogP contribution in [0.2, 0.25) is 0 Å². The molecule has 4 rings (SSSR count). The summed E-state index contributed by atoms with van der Waals surface area (Å²) in [6.07, 6.45) is 3.06. The van der Waals surface area contributed by atoms with Gasteiger partial charge in [0, 0.05) is 35.8 Å². The molecule has 1 unspecified atom stereocenters.